The number of aliphatic imine (C=N–C) groups is 2. The number of nitrogens with two attached hydrogens (primary N) is 6. The van der Waals surface area contributed by atoms with Gasteiger partial charge in [0.15, 0.2) is 11.9 Å². The van der Waals surface area contributed by atoms with Crippen LogP contribution >= 0.6 is 0 Å². The predicted molar refractivity (Wildman–Crippen MR) is 433 cm³/mol. The number of nitrogens with zero attached hydrogens (tertiary/aromatic N) is 4. The zero-order valence-corrected chi connectivity index (χ0v) is 68.3. The Bertz CT molecular complexity index is 3910. The molecule has 3 aliphatic heterocycles. The summed E-state index contributed by atoms with van der Waals surface area (Å²) in [7, 11) is 0. The number of rotatable bonds is 50. The zero-order chi connectivity index (χ0) is 88.3. The van der Waals surface area contributed by atoms with Gasteiger partial charge < -0.3 is 123 Å². The maximum atomic E-state index is 15.1. The van der Waals surface area contributed by atoms with Crippen molar-refractivity contribution < 1.29 is 97.1 Å². The highest BCUT2D eigenvalue weighted by Crippen LogP contribution is 2.25. The fraction of sp³-hybridized carbons (Fsp3) is 0.615. The Morgan fingerprint density at radius 3 is 1.34 bits per heavy atom. The summed E-state index contributed by atoms with van der Waals surface area (Å²) < 4.78 is 0. The van der Waals surface area contributed by atoms with Gasteiger partial charge in [0.05, 0.1) is 6.42 Å². The van der Waals surface area contributed by atoms with Gasteiger partial charge in [0.2, 0.25) is 82.7 Å². The number of likely N-dealkylation sites (tertiary alicyclic amines) is 2. The van der Waals surface area contributed by atoms with Gasteiger partial charge in [-0.2, -0.15) is 0 Å². The van der Waals surface area contributed by atoms with Crippen molar-refractivity contribution in [3.63, 3.8) is 0 Å². The molecule has 41 nitrogen and oxygen atoms in total. The Morgan fingerprint density at radius 2 is 0.882 bits per heavy atom. The summed E-state index contributed by atoms with van der Waals surface area (Å²) in [4.78, 5) is 234. The van der Waals surface area contributed by atoms with Crippen molar-refractivity contribution in [1.29, 1.82) is 0 Å². The Morgan fingerprint density at radius 1 is 0.479 bits per heavy atom. The molecule has 0 spiro atoms. The molecular weight excluding hydrogens is 1550 g/mol. The highest BCUT2D eigenvalue weighted by molar-refractivity contribution is 6.01. The number of hydrogen-bond acceptors (Lipinski definition) is 21. The number of primary amides is 1. The van der Waals surface area contributed by atoms with Gasteiger partial charge in [0.1, 0.15) is 90.0 Å². The number of guanidine groups is 2. The smallest absolute Gasteiger partial charge is 0.326 e. The van der Waals surface area contributed by atoms with Crippen LogP contribution in [0.3, 0.4) is 0 Å². The molecule has 3 saturated heterocycles. The highest BCUT2D eigenvalue weighted by Gasteiger charge is 2.44. The summed E-state index contributed by atoms with van der Waals surface area (Å²) in [6.45, 7) is 10.5. The molecule has 2 aromatic carbocycles. The summed E-state index contributed by atoms with van der Waals surface area (Å²) in [5.41, 5.74) is 34.9. The summed E-state index contributed by atoms with van der Waals surface area (Å²) in [6, 6.07) is -7.40. The van der Waals surface area contributed by atoms with Crippen LogP contribution in [0, 0.1) is 17.8 Å². The first kappa shape index (κ1) is 97.6. The predicted octanol–water partition coefficient (Wildman–Crippen LogP) is -3.81. The monoisotopic (exact) mass is 1670 g/mol. The molecule has 5 rings (SSSR count). The van der Waals surface area contributed by atoms with Crippen molar-refractivity contribution in [2.75, 3.05) is 32.7 Å². The second-order valence-electron chi connectivity index (χ2n) is 31.1. The standard InChI is InChI=1S/C78H121N21O20/c1-7-43(6)63(73(115)96-57(76(118)119)37-42(4)5)97-70(112)55(39-45-21-25-47(101)26-22-45)95-72(114)59-18-13-35-99(59)75(117)52(16-11-33-86-78(83)84)90-64(106)48(15-10-32-85-77(81)82)89-71(113)58-17-12-34-98(58)74(116)51(14-8-9-31-79)91-69(111)56(40-60(80)102)94-66(108)50(28-30-62(104)105)88-68(110)54(38-44-19-23-46(100)24-20-44)93-67(109)53(36-41(2)3)92-65(107)49-27-29-61(103)87-49/h19-26,41-43,48-59,63,100-101H,7-18,27-40,79H2,1-6H3,(H2,80,102)(H,87,103)(H,88,110)(H,89,113)(H,90,106)(H,91,111)(H,92,107)(H,93,109)(H,94,108)(H,95,114)(H,96,115)(H,97,112)(H,104,105)(H,118,119)(H4,81,82,85)(H4,83,84,86)/t43-,48-,49-,50-,51-,52-,53-,54-,55-,56+,57-,58-,59-,63-/m0/s1. The van der Waals surface area contributed by atoms with Gasteiger partial charge in [0, 0.05) is 51.9 Å². The molecule has 0 saturated carbocycles. The fourth-order valence-corrected chi connectivity index (χ4v) is 14.0. The van der Waals surface area contributed by atoms with Crippen LogP contribution in [0.4, 0.5) is 0 Å². The lowest BCUT2D eigenvalue weighted by atomic mass is 9.96. The summed E-state index contributed by atoms with van der Waals surface area (Å²) in [5.74, 6) is -16.7. The molecule has 0 aromatic heterocycles. The van der Waals surface area contributed by atoms with E-state index < -0.39 is 192 Å². The molecule has 0 unspecified atom stereocenters. The third-order valence-electron chi connectivity index (χ3n) is 20.5. The number of carboxylic acids is 2. The van der Waals surface area contributed by atoms with Gasteiger partial charge in [-0.05, 0) is 156 Å². The third-order valence-corrected chi connectivity index (χ3v) is 20.5. The molecule has 0 radical (unpaired) electrons. The molecule has 14 amide bonds. The lowest BCUT2D eigenvalue weighted by molar-refractivity contribution is -0.144. The molecular formula is C78H121N21O20. The number of nitrogens with one attached hydrogen (secondary N) is 11. The average molecular weight is 1670 g/mol. The topological polar surface area (TPSA) is 674 Å². The van der Waals surface area contributed by atoms with Crippen LogP contribution in [-0.2, 0) is 89.6 Å². The van der Waals surface area contributed by atoms with Crippen molar-refractivity contribution in [2.24, 2.45) is 62.1 Å². The number of phenols is 2. The lowest BCUT2D eigenvalue weighted by Gasteiger charge is -2.32. The average Bonchev–Trinajstić information content (AvgIpc) is 1.76. The molecule has 3 aliphatic rings. The number of benzene rings is 2. The van der Waals surface area contributed by atoms with E-state index in [0.717, 1.165) is 4.90 Å². The largest absolute Gasteiger partial charge is 0.508 e. The molecule has 0 aliphatic carbocycles. The van der Waals surface area contributed by atoms with Crippen molar-refractivity contribution >= 4 is 107 Å². The quantitative estimate of drug-likeness (QED) is 0.0172. The molecule has 2 aromatic rings. The number of carbonyl (C=O) groups is 16. The Hall–Kier alpha value is -11.9. The van der Waals surface area contributed by atoms with Crippen LogP contribution in [0.25, 0.3) is 0 Å². The van der Waals surface area contributed by atoms with E-state index in [2.05, 4.69) is 68.5 Å². The fourth-order valence-electron chi connectivity index (χ4n) is 14.0. The number of carboxylic acid groups (broad SMARTS) is 2. The van der Waals surface area contributed by atoms with E-state index in [1.54, 1.807) is 41.5 Å². The van der Waals surface area contributed by atoms with Crippen LogP contribution in [0.1, 0.15) is 175 Å². The van der Waals surface area contributed by atoms with Gasteiger partial charge in [-0.3, -0.25) is 81.9 Å². The number of aromatic hydroxyl groups is 2. The minimum atomic E-state index is -1.93. The molecule has 14 atom stereocenters. The summed E-state index contributed by atoms with van der Waals surface area (Å²) in [5, 5.41) is 68.7. The van der Waals surface area contributed by atoms with E-state index in [1.807, 2.05) is 0 Å². The first-order valence-electron chi connectivity index (χ1n) is 40.3. The number of amides is 14. The van der Waals surface area contributed by atoms with Crippen LogP contribution in [0.15, 0.2) is 58.5 Å². The molecule has 3 fully saturated rings. The molecule has 41 heteroatoms. The number of phenolic OH excluding ortho intramolecular Hbond substituents is 2. The molecule has 0 bridgehead atoms. The van der Waals surface area contributed by atoms with E-state index in [1.165, 1.54) is 53.4 Å². The van der Waals surface area contributed by atoms with Gasteiger partial charge in [0.25, 0.3) is 0 Å². The van der Waals surface area contributed by atoms with E-state index in [0.29, 0.717) is 24.0 Å². The van der Waals surface area contributed by atoms with Crippen molar-refractivity contribution in [3.05, 3.63) is 59.7 Å². The normalized spacial score (nSPS) is 17.8. The van der Waals surface area contributed by atoms with E-state index in [9.17, 15) is 87.5 Å². The van der Waals surface area contributed by atoms with Crippen molar-refractivity contribution in [1.82, 2.24) is 68.3 Å². The second-order valence-corrected chi connectivity index (χ2v) is 31.1. The maximum absolute atomic E-state index is 15.1. The van der Waals surface area contributed by atoms with Gasteiger partial charge >= 0.3 is 11.9 Å². The number of aliphatic carboxylic acids is 2. The third kappa shape index (κ3) is 32.8. The molecule has 658 valence electrons. The minimum absolute atomic E-state index is 0.00423. The van der Waals surface area contributed by atoms with Gasteiger partial charge in [-0.25, -0.2) is 4.79 Å². The van der Waals surface area contributed by atoms with Crippen molar-refractivity contribution in [3.8, 4) is 11.5 Å². The highest BCUT2D eigenvalue weighted by atomic mass is 16.4. The van der Waals surface area contributed by atoms with Gasteiger partial charge in [-0.15, -0.1) is 0 Å². The molecule has 27 N–H and O–H groups in total. The van der Waals surface area contributed by atoms with Crippen molar-refractivity contribution in [2.45, 2.75) is 255 Å². The van der Waals surface area contributed by atoms with E-state index >= 15 is 9.59 Å². The molecule has 3 heterocycles. The van der Waals surface area contributed by atoms with Crippen LogP contribution in [-0.4, -0.2) is 248 Å². The zero-order valence-electron chi connectivity index (χ0n) is 68.3. The summed E-state index contributed by atoms with van der Waals surface area (Å²) in [6.07, 6.45) is -1.46. The minimum Gasteiger partial charge on any atom is -0.508 e. The SMILES string of the molecule is CC[C@H](C)[C@H](NC(=O)[C@H](Cc1ccc(O)cc1)NC(=O)[C@@H]1CCCN1C(=O)[C@H](CCCN=C(N)N)NC(=O)[C@H](CCCN=C(N)N)NC(=O)[C@@H]1CCCN1C(=O)[C@H](CCCCN)NC(=O)[C@@H](CC(N)=O)NC(=O)[C@H](CCC(=O)O)NC(=O)[C@H](Cc1ccc(O)cc1)NC(=O)[C@H](CC(C)C)NC(=O)[C@@H]1CCC(=O)N1)C(=O)N[C@@H](CC(C)C)C(=O)O. The molecule has 119 heavy (non-hydrogen) atoms. The first-order chi connectivity index (χ1) is 56.3. The first-order valence-corrected chi connectivity index (χ1v) is 40.3. The number of carbonyl (C=O) groups excluding carboxylic acids is 14. The van der Waals surface area contributed by atoms with Crippen LogP contribution in [0.2, 0.25) is 0 Å². The Kier molecular flexibility index (Phi) is 39.9. The Labute approximate surface area is 690 Å². The lowest BCUT2D eigenvalue weighted by Crippen LogP contribution is -2.61. The number of unbranched alkanes of at least 4 members (excludes halogenated alkanes) is 1. The second kappa shape index (κ2) is 48.7. The van der Waals surface area contributed by atoms with Crippen LogP contribution < -0.4 is 92.9 Å². The van der Waals surface area contributed by atoms with E-state index in [4.69, 9.17) is 34.4 Å². The Balaban J connectivity index is 1.41. The number of hydrogen-bond donors (Lipinski definition) is 21. The van der Waals surface area contributed by atoms with E-state index in [-0.39, 0.29) is 177 Å². The summed E-state index contributed by atoms with van der Waals surface area (Å²) >= 11 is 0. The van der Waals surface area contributed by atoms with Crippen LogP contribution in [0.5, 0.6) is 11.5 Å². The van der Waals surface area contributed by atoms with Gasteiger partial charge in [-0.1, -0.05) is 72.2 Å². The maximum Gasteiger partial charge on any atom is 0.326 e.